The first kappa shape index (κ1) is 18.6. The summed E-state index contributed by atoms with van der Waals surface area (Å²) in [5, 5.41) is 0. The molecule has 1 fully saturated rings. The molecule has 0 spiro atoms. The number of rotatable bonds is 3. The Morgan fingerprint density at radius 1 is 1.12 bits per heavy atom. The average molecular weight is 333 g/mol. The smallest absolute Gasteiger partial charge is 0.410 e. The van der Waals surface area contributed by atoms with Crippen molar-refractivity contribution in [3.8, 4) is 5.75 Å². The van der Waals surface area contributed by atoms with Gasteiger partial charge in [0, 0.05) is 13.1 Å². The largest absolute Gasteiger partial charge is 0.491 e. The zero-order chi connectivity index (χ0) is 17.7. The minimum atomic E-state index is -0.435. The standard InChI is InChI=1S/C20H31NO3/c1-15(2)23-18-10-8-17(9-11-18)16-7-6-13-21(14-12-16)19(22)24-20(3,4)5/h8-11,15-16H,6-7,12-14H2,1-5H3. The summed E-state index contributed by atoms with van der Waals surface area (Å²) < 4.78 is 11.2. The number of benzene rings is 1. The molecule has 1 amide bonds. The molecule has 24 heavy (non-hydrogen) atoms. The zero-order valence-electron chi connectivity index (χ0n) is 15.7. The van der Waals surface area contributed by atoms with E-state index in [0.717, 1.165) is 38.1 Å². The minimum Gasteiger partial charge on any atom is -0.491 e. The number of carbonyl (C=O) groups excluding carboxylic acids is 1. The Morgan fingerprint density at radius 3 is 2.38 bits per heavy atom. The Balaban J connectivity index is 1.94. The van der Waals surface area contributed by atoms with Crippen LogP contribution in [0.4, 0.5) is 4.79 Å². The van der Waals surface area contributed by atoms with Crippen LogP contribution in [-0.2, 0) is 4.74 Å². The molecule has 1 aliphatic heterocycles. The third-order valence-corrected chi connectivity index (χ3v) is 4.10. The molecule has 1 aliphatic rings. The van der Waals surface area contributed by atoms with Crippen LogP contribution in [0.2, 0.25) is 0 Å². The van der Waals surface area contributed by atoms with Crippen LogP contribution in [0.25, 0.3) is 0 Å². The van der Waals surface area contributed by atoms with Crippen molar-refractivity contribution in [2.75, 3.05) is 13.1 Å². The van der Waals surface area contributed by atoms with Crippen LogP contribution in [0.3, 0.4) is 0 Å². The Morgan fingerprint density at radius 2 is 1.79 bits per heavy atom. The summed E-state index contributed by atoms with van der Waals surface area (Å²) in [7, 11) is 0. The van der Waals surface area contributed by atoms with Gasteiger partial charge in [-0.15, -0.1) is 0 Å². The number of ether oxygens (including phenoxy) is 2. The highest BCUT2D eigenvalue weighted by atomic mass is 16.6. The molecule has 0 N–H and O–H groups in total. The minimum absolute atomic E-state index is 0.191. The fourth-order valence-electron chi connectivity index (χ4n) is 3.03. The molecular formula is C20H31NO3. The fourth-order valence-corrected chi connectivity index (χ4v) is 3.03. The quantitative estimate of drug-likeness (QED) is 0.783. The van der Waals surface area contributed by atoms with E-state index in [9.17, 15) is 4.79 Å². The van der Waals surface area contributed by atoms with Crippen LogP contribution in [-0.4, -0.2) is 35.8 Å². The summed E-state index contributed by atoms with van der Waals surface area (Å²) in [5.41, 5.74) is 0.895. The van der Waals surface area contributed by atoms with Crippen LogP contribution < -0.4 is 4.74 Å². The first-order chi connectivity index (χ1) is 11.2. The lowest BCUT2D eigenvalue weighted by Gasteiger charge is -2.26. The monoisotopic (exact) mass is 333 g/mol. The van der Waals surface area contributed by atoms with Crippen molar-refractivity contribution >= 4 is 6.09 Å². The number of hydrogen-bond donors (Lipinski definition) is 0. The van der Waals surface area contributed by atoms with Gasteiger partial charge < -0.3 is 14.4 Å². The second-order valence-electron chi connectivity index (χ2n) is 7.83. The third kappa shape index (κ3) is 5.73. The molecule has 4 heteroatoms. The molecule has 1 saturated heterocycles. The SMILES string of the molecule is CC(C)Oc1ccc(C2CCCN(C(=O)OC(C)(C)C)CC2)cc1. The molecule has 1 heterocycles. The molecule has 0 saturated carbocycles. The number of hydrogen-bond acceptors (Lipinski definition) is 3. The van der Waals surface area contributed by atoms with Crippen LogP contribution >= 0.6 is 0 Å². The second kappa shape index (κ2) is 7.91. The highest BCUT2D eigenvalue weighted by Gasteiger charge is 2.25. The Bertz CT molecular complexity index is 531. The predicted octanol–water partition coefficient (Wildman–Crippen LogP) is 4.98. The summed E-state index contributed by atoms with van der Waals surface area (Å²) in [6.07, 6.45) is 3.08. The third-order valence-electron chi connectivity index (χ3n) is 4.10. The summed E-state index contributed by atoms with van der Waals surface area (Å²) in [6, 6.07) is 8.41. The molecule has 1 atom stereocenters. The van der Waals surface area contributed by atoms with Gasteiger partial charge in [0.05, 0.1) is 6.10 Å². The normalized spacial score (nSPS) is 19.1. The van der Waals surface area contributed by atoms with E-state index in [1.807, 2.05) is 51.7 Å². The van der Waals surface area contributed by atoms with E-state index < -0.39 is 5.60 Å². The van der Waals surface area contributed by atoms with Crippen molar-refractivity contribution in [3.63, 3.8) is 0 Å². The summed E-state index contributed by atoms with van der Waals surface area (Å²) in [6.45, 7) is 11.3. The molecule has 0 bridgehead atoms. The van der Waals surface area contributed by atoms with Crippen molar-refractivity contribution < 1.29 is 14.3 Å². The Hall–Kier alpha value is -1.71. The van der Waals surface area contributed by atoms with Crippen LogP contribution in [0, 0.1) is 0 Å². The van der Waals surface area contributed by atoms with Crippen molar-refractivity contribution in [2.45, 2.75) is 71.5 Å². The van der Waals surface area contributed by atoms with Crippen LogP contribution in [0.15, 0.2) is 24.3 Å². The highest BCUT2D eigenvalue weighted by molar-refractivity contribution is 5.68. The maximum absolute atomic E-state index is 12.2. The Kier molecular flexibility index (Phi) is 6.14. The molecule has 1 aromatic rings. The van der Waals surface area contributed by atoms with Gasteiger partial charge in [-0.05, 0) is 77.5 Å². The van der Waals surface area contributed by atoms with Gasteiger partial charge in [0.2, 0.25) is 0 Å². The topological polar surface area (TPSA) is 38.8 Å². The number of likely N-dealkylation sites (tertiary alicyclic amines) is 1. The highest BCUT2D eigenvalue weighted by Crippen LogP contribution is 2.30. The lowest BCUT2D eigenvalue weighted by atomic mass is 9.92. The van der Waals surface area contributed by atoms with Crippen LogP contribution in [0.1, 0.15) is 65.4 Å². The molecular weight excluding hydrogens is 302 g/mol. The van der Waals surface area contributed by atoms with E-state index in [1.54, 1.807) is 0 Å². The van der Waals surface area contributed by atoms with Crippen molar-refractivity contribution in [3.05, 3.63) is 29.8 Å². The molecule has 4 nitrogen and oxygen atoms in total. The van der Waals surface area contributed by atoms with Gasteiger partial charge in [-0.1, -0.05) is 12.1 Å². The van der Waals surface area contributed by atoms with Crippen molar-refractivity contribution in [2.24, 2.45) is 0 Å². The van der Waals surface area contributed by atoms with Crippen molar-refractivity contribution in [1.29, 1.82) is 0 Å². The second-order valence-corrected chi connectivity index (χ2v) is 7.83. The molecule has 0 aliphatic carbocycles. The van der Waals surface area contributed by atoms with E-state index in [2.05, 4.69) is 12.1 Å². The molecule has 1 unspecified atom stereocenters. The van der Waals surface area contributed by atoms with Gasteiger partial charge in [-0.25, -0.2) is 4.79 Å². The lowest BCUT2D eigenvalue weighted by Crippen LogP contribution is -2.37. The fraction of sp³-hybridized carbons (Fsp3) is 0.650. The molecule has 134 valence electrons. The molecule has 0 radical (unpaired) electrons. The van der Waals surface area contributed by atoms with Gasteiger partial charge in [-0.3, -0.25) is 0 Å². The maximum atomic E-state index is 12.2. The van der Waals surface area contributed by atoms with Gasteiger partial charge in [0.25, 0.3) is 0 Å². The number of amides is 1. The summed E-state index contributed by atoms with van der Waals surface area (Å²) >= 11 is 0. The van der Waals surface area contributed by atoms with E-state index >= 15 is 0 Å². The van der Waals surface area contributed by atoms with E-state index in [4.69, 9.17) is 9.47 Å². The summed E-state index contributed by atoms with van der Waals surface area (Å²) in [4.78, 5) is 14.1. The number of nitrogens with zero attached hydrogens (tertiary/aromatic N) is 1. The number of carbonyl (C=O) groups is 1. The molecule has 0 aromatic heterocycles. The van der Waals surface area contributed by atoms with Crippen molar-refractivity contribution in [1.82, 2.24) is 4.90 Å². The van der Waals surface area contributed by atoms with E-state index in [0.29, 0.717) is 5.92 Å². The van der Waals surface area contributed by atoms with E-state index in [1.165, 1.54) is 5.56 Å². The van der Waals surface area contributed by atoms with Gasteiger partial charge in [0.15, 0.2) is 0 Å². The van der Waals surface area contributed by atoms with Gasteiger partial charge >= 0.3 is 6.09 Å². The summed E-state index contributed by atoms with van der Waals surface area (Å²) in [5.74, 6) is 1.41. The molecule has 1 aromatic carbocycles. The molecule has 2 rings (SSSR count). The predicted molar refractivity (Wildman–Crippen MR) is 96.6 cm³/mol. The van der Waals surface area contributed by atoms with Gasteiger partial charge in [0.1, 0.15) is 11.4 Å². The first-order valence-corrected chi connectivity index (χ1v) is 8.99. The van der Waals surface area contributed by atoms with E-state index in [-0.39, 0.29) is 12.2 Å². The zero-order valence-corrected chi connectivity index (χ0v) is 15.7. The average Bonchev–Trinajstić information content (AvgIpc) is 2.71. The van der Waals surface area contributed by atoms with Crippen LogP contribution in [0.5, 0.6) is 5.75 Å². The Labute approximate surface area is 146 Å². The lowest BCUT2D eigenvalue weighted by molar-refractivity contribution is 0.0256. The first-order valence-electron chi connectivity index (χ1n) is 8.99. The maximum Gasteiger partial charge on any atom is 0.410 e. The van der Waals surface area contributed by atoms with Gasteiger partial charge in [-0.2, -0.15) is 0 Å².